The Balaban J connectivity index is 2.04. The Hall–Kier alpha value is -0.330. The maximum atomic E-state index is 10.5. The summed E-state index contributed by atoms with van der Waals surface area (Å²) in [7, 11) is 0. The van der Waals surface area contributed by atoms with E-state index in [4.69, 9.17) is 0 Å². The van der Waals surface area contributed by atoms with Crippen molar-refractivity contribution in [3.05, 3.63) is 0 Å². The third kappa shape index (κ3) is 1.19. The summed E-state index contributed by atoms with van der Waals surface area (Å²) >= 11 is 0. The second-order valence-corrected chi connectivity index (χ2v) is 4.63. The molecule has 0 radical (unpaired) electrons. The molecule has 12 heavy (non-hydrogen) atoms. The van der Waals surface area contributed by atoms with Gasteiger partial charge in [0.2, 0.25) is 0 Å². The van der Waals surface area contributed by atoms with E-state index >= 15 is 0 Å². The van der Waals surface area contributed by atoms with Crippen LogP contribution in [0.3, 0.4) is 0 Å². The molecule has 2 aliphatic carbocycles. The van der Waals surface area contributed by atoms with E-state index in [2.05, 4.69) is 6.92 Å². The van der Waals surface area contributed by atoms with Crippen molar-refractivity contribution < 1.29 is 4.79 Å². The van der Waals surface area contributed by atoms with Crippen molar-refractivity contribution in [3.63, 3.8) is 0 Å². The molecule has 0 bridgehead atoms. The highest BCUT2D eigenvalue weighted by atomic mass is 16.1. The first-order valence-corrected chi connectivity index (χ1v) is 5.26. The molecular weight excluding hydrogens is 148 g/mol. The van der Waals surface area contributed by atoms with Gasteiger partial charge in [-0.15, -0.1) is 0 Å². The predicted octanol–water partition coefficient (Wildman–Crippen LogP) is 2.65. The van der Waals surface area contributed by atoms with E-state index in [0.717, 1.165) is 36.4 Å². The Kier molecular flexibility index (Phi) is 2.20. The molecule has 2 saturated carbocycles. The number of fused-ring (bicyclic) bond motifs is 1. The van der Waals surface area contributed by atoms with E-state index in [-0.39, 0.29) is 0 Å². The highest BCUT2D eigenvalue weighted by Gasteiger charge is 2.42. The molecule has 1 nitrogen and oxygen atoms in total. The Morgan fingerprint density at radius 3 is 2.83 bits per heavy atom. The highest BCUT2D eigenvalue weighted by molar-refractivity contribution is 5.50. The minimum atomic E-state index is 0.741. The van der Waals surface area contributed by atoms with Gasteiger partial charge >= 0.3 is 0 Å². The van der Waals surface area contributed by atoms with Crippen LogP contribution < -0.4 is 0 Å². The Labute approximate surface area is 74.5 Å². The first kappa shape index (κ1) is 8.28. The summed E-state index contributed by atoms with van der Waals surface area (Å²) in [5.41, 5.74) is 0. The highest BCUT2D eigenvalue weighted by Crippen LogP contribution is 2.51. The van der Waals surface area contributed by atoms with Gasteiger partial charge in [0.15, 0.2) is 0 Å². The third-order valence-electron chi connectivity index (χ3n) is 4.03. The predicted molar refractivity (Wildman–Crippen MR) is 48.8 cm³/mol. The summed E-state index contributed by atoms with van der Waals surface area (Å²) < 4.78 is 0. The van der Waals surface area contributed by atoms with Crippen LogP contribution in [0.2, 0.25) is 0 Å². The van der Waals surface area contributed by atoms with Crippen LogP contribution in [0.15, 0.2) is 0 Å². The molecule has 0 saturated heterocycles. The summed E-state index contributed by atoms with van der Waals surface area (Å²) in [4.78, 5) is 10.5. The molecule has 0 aromatic carbocycles. The normalized spacial score (nSPS) is 46.1. The molecule has 0 aromatic heterocycles. The van der Waals surface area contributed by atoms with Crippen molar-refractivity contribution >= 4 is 6.29 Å². The number of rotatable bonds is 2. The second-order valence-electron chi connectivity index (χ2n) is 4.63. The minimum Gasteiger partial charge on any atom is -0.303 e. The summed E-state index contributed by atoms with van der Waals surface area (Å²) in [6.45, 7) is 2.37. The van der Waals surface area contributed by atoms with Crippen LogP contribution in [0.25, 0.3) is 0 Å². The lowest BCUT2D eigenvalue weighted by Gasteiger charge is -2.15. The van der Waals surface area contributed by atoms with Crippen molar-refractivity contribution in [2.24, 2.45) is 23.7 Å². The van der Waals surface area contributed by atoms with Gasteiger partial charge in [-0.3, -0.25) is 0 Å². The summed E-state index contributed by atoms with van der Waals surface area (Å²) in [5.74, 6) is 3.51. The lowest BCUT2D eigenvalue weighted by atomic mass is 9.89. The van der Waals surface area contributed by atoms with Gasteiger partial charge < -0.3 is 4.79 Å². The molecule has 1 heteroatoms. The fourth-order valence-corrected chi connectivity index (χ4v) is 3.53. The van der Waals surface area contributed by atoms with E-state index in [1.165, 1.54) is 25.7 Å². The van der Waals surface area contributed by atoms with Crippen molar-refractivity contribution in [1.82, 2.24) is 0 Å². The van der Waals surface area contributed by atoms with E-state index in [0.29, 0.717) is 0 Å². The van der Waals surface area contributed by atoms with Gasteiger partial charge in [0, 0.05) is 6.42 Å². The van der Waals surface area contributed by atoms with E-state index < -0.39 is 0 Å². The van der Waals surface area contributed by atoms with Crippen LogP contribution in [0.5, 0.6) is 0 Å². The molecule has 4 unspecified atom stereocenters. The standard InChI is InChI=1S/C11H18O/c1-8-7-9(5-6-12)11-4-2-3-10(8)11/h6,8-11H,2-5,7H2,1H3. The number of hydrogen-bond acceptors (Lipinski definition) is 1. The average Bonchev–Trinajstić information content (AvgIpc) is 2.58. The van der Waals surface area contributed by atoms with Crippen LogP contribution in [0.1, 0.15) is 39.0 Å². The van der Waals surface area contributed by atoms with Gasteiger partial charge in [-0.1, -0.05) is 13.3 Å². The molecule has 0 aliphatic heterocycles. The van der Waals surface area contributed by atoms with Crippen molar-refractivity contribution in [2.45, 2.75) is 39.0 Å². The molecule has 2 fully saturated rings. The zero-order valence-electron chi connectivity index (χ0n) is 7.83. The number of carbonyl (C=O) groups is 1. The number of aldehydes is 1. The Morgan fingerprint density at radius 2 is 2.08 bits per heavy atom. The molecule has 0 aromatic rings. The Morgan fingerprint density at radius 1 is 1.33 bits per heavy atom. The van der Waals surface area contributed by atoms with Gasteiger partial charge in [0.1, 0.15) is 6.29 Å². The van der Waals surface area contributed by atoms with Gasteiger partial charge in [-0.2, -0.15) is 0 Å². The molecule has 2 rings (SSSR count). The summed E-state index contributed by atoms with van der Waals surface area (Å²) in [6.07, 6.45) is 7.50. The summed E-state index contributed by atoms with van der Waals surface area (Å²) in [6, 6.07) is 0. The maximum absolute atomic E-state index is 10.5. The van der Waals surface area contributed by atoms with Crippen molar-refractivity contribution in [2.75, 3.05) is 0 Å². The monoisotopic (exact) mass is 166 g/mol. The first-order valence-electron chi connectivity index (χ1n) is 5.26. The van der Waals surface area contributed by atoms with Crippen LogP contribution in [-0.2, 0) is 4.79 Å². The SMILES string of the molecule is CC1CC(CC=O)C2CCCC12. The average molecular weight is 166 g/mol. The van der Waals surface area contributed by atoms with Crippen LogP contribution in [-0.4, -0.2) is 6.29 Å². The van der Waals surface area contributed by atoms with Gasteiger partial charge in [0.05, 0.1) is 0 Å². The van der Waals surface area contributed by atoms with E-state index in [1.807, 2.05) is 0 Å². The van der Waals surface area contributed by atoms with Gasteiger partial charge in [0.25, 0.3) is 0 Å². The van der Waals surface area contributed by atoms with Gasteiger partial charge in [-0.25, -0.2) is 0 Å². The number of hydrogen-bond donors (Lipinski definition) is 0. The number of carbonyl (C=O) groups excluding carboxylic acids is 1. The second kappa shape index (κ2) is 3.20. The quantitative estimate of drug-likeness (QED) is 0.576. The lowest BCUT2D eigenvalue weighted by Crippen LogP contribution is -2.10. The molecule has 68 valence electrons. The summed E-state index contributed by atoms with van der Waals surface area (Å²) in [5, 5.41) is 0. The molecule has 0 N–H and O–H groups in total. The van der Waals surface area contributed by atoms with Crippen molar-refractivity contribution in [3.8, 4) is 0 Å². The van der Waals surface area contributed by atoms with Crippen LogP contribution in [0, 0.1) is 23.7 Å². The molecule has 2 aliphatic rings. The van der Waals surface area contributed by atoms with E-state index in [1.54, 1.807) is 0 Å². The fraction of sp³-hybridized carbons (Fsp3) is 0.909. The zero-order valence-corrected chi connectivity index (χ0v) is 7.83. The minimum absolute atomic E-state index is 0.741. The van der Waals surface area contributed by atoms with Crippen LogP contribution in [0.4, 0.5) is 0 Å². The zero-order chi connectivity index (χ0) is 8.55. The lowest BCUT2D eigenvalue weighted by molar-refractivity contribution is -0.108. The van der Waals surface area contributed by atoms with Crippen LogP contribution >= 0.6 is 0 Å². The molecular formula is C11H18O. The third-order valence-corrected chi connectivity index (χ3v) is 4.03. The molecule has 0 amide bonds. The topological polar surface area (TPSA) is 17.1 Å². The fourth-order valence-electron chi connectivity index (χ4n) is 3.53. The van der Waals surface area contributed by atoms with Gasteiger partial charge in [-0.05, 0) is 42.9 Å². The molecule has 0 spiro atoms. The maximum Gasteiger partial charge on any atom is 0.120 e. The molecule has 4 atom stereocenters. The molecule has 0 heterocycles. The van der Waals surface area contributed by atoms with E-state index in [9.17, 15) is 4.79 Å². The first-order chi connectivity index (χ1) is 5.83. The van der Waals surface area contributed by atoms with Crippen molar-refractivity contribution in [1.29, 1.82) is 0 Å². The largest absolute Gasteiger partial charge is 0.303 e. The Bertz CT molecular complexity index is 176. The smallest absolute Gasteiger partial charge is 0.120 e.